The fourth-order valence-corrected chi connectivity index (χ4v) is 3.13. The number of aliphatic hydroxyl groups excluding tert-OH is 1. The molecule has 0 heterocycles. The van der Waals surface area contributed by atoms with E-state index in [0.717, 1.165) is 32.1 Å². The Morgan fingerprint density at radius 1 is 1.24 bits per heavy atom. The summed E-state index contributed by atoms with van der Waals surface area (Å²) in [5, 5.41) is 28.7. The second-order valence-electron chi connectivity index (χ2n) is 5.33. The Kier molecular flexibility index (Phi) is 5.63. The molecule has 0 aliphatic heterocycles. The maximum Gasteiger partial charge on any atom is 0.162 e. The van der Waals surface area contributed by atoms with Crippen molar-refractivity contribution in [1.82, 2.24) is 0 Å². The molecule has 0 radical (unpaired) electrons. The zero-order valence-corrected chi connectivity index (χ0v) is 11.0. The molecule has 3 unspecified atom stereocenters. The first-order chi connectivity index (χ1) is 8.00. The standard InChI is InChI=1S/C14H26O3/c1-3-4-5-6-12-11(9-10-15)7-8-13(12)14(2,16)17/h4-5,11-13,15-17H,3,6-10H2,1-2H3/b5-4-. The van der Waals surface area contributed by atoms with Gasteiger partial charge in [0, 0.05) is 12.5 Å². The molecule has 0 aromatic heterocycles. The minimum absolute atomic E-state index is 0.0689. The van der Waals surface area contributed by atoms with E-state index >= 15 is 0 Å². The molecule has 0 spiro atoms. The van der Waals surface area contributed by atoms with Crippen molar-refractivity contribution < 1.29 is 15.3 Å². The topological polar surface area (TPSA) is 60.7 Å². The van der Waals surface area contributed by atoms with Crippen molar-refractivity contribution in [3.05, 3.63) is 12.2 Å². The lowest BCUT2D eigenvalue weighted by molar-refractivity contribution is -0.194. The van der Waals surface area contributed by atoms with Crippen LogP contribution >= 0.6 is 0 Å². The first-order valence-corrected chi connectivity index (χ1v) is 6.71. The summed E-state index contributed by atoms with van der Waals surface area (Å²) in [7, 11) is 0. The van der Waals surface area contributed by atoms with Crippen LogP contribution in [0.25, 0.3) is 0 Å². The highest BCUT2D eigenvalue weighted by Gasteiger charge is 2.43. The predicted molar refractivity (Wildman–Crippen MR) is 68.3 cm³/mol. The van der Waals surface area contributed by atoms with Gasteiger partial charge in [-0.1, -0.05) is 19.1 Å². The third-order valence-corrected chi connectivity index (χ3v) is 3.98. The summed E-state index contributed by atoms with van der Waals surface area (Å²) < 4.78 is 0. The van der Waals surface area contributed by atoms with Crippen LogP contribution in [0, 0.1) is 17.8 Å². The van der Waals surface area contributed by atoms with Gasteiger partial charge < -0.3 is 15.3 Å². The van der Waals surface area contributed by atoms with Crippen LogP contribution in [-0.2, 0) is 0 Å². The lowest BCUT2D eigenvalue weighted by Crippen LogP contribution is -2.37. The maximum absolute atomic E-state index is 9.80. The van der Waals surface area contributed by atoms with Crippen molar-refractivity contribution in [2.24, 2.45) is 17.8 Å². The van der Waals surface area contributed by atoms with Gasteiger partial charge in [0.25, 0.3) is 0 Å². The van der Waals surface area contributed by atoms with E-state index < -0.39 is 5.79 Å². The molecular weight excluding hydrogens is 216 g/mol. The average Bonchev–Trinajstić information content (AvgIpc) is 2.62. The zero-order chi connectivity index (χ0) is 12.9. The highest BCUT2D eigenvalue weighted by Crippen LogP contribution is 2.45. The van der Waals surface area contributed by atoms with Gasteiger partial charge in [-0.15, -0.1) is 0 Å². The fraction of sp³-hybridized carbons (Fsp3) is 0.857. The Hall–Kier alpha value is -0.380. The van der Waals surface area contributed by atoms with E-state index in [1.165, 1.54) is 6.92 Å². The van der Waals surface area contributed by atoms with Crippen molar-refractivity contribution in [1.29, 1.82) is 0 Å². The van der Waals surface area contributed by atoms with Crippen LogP contribution in [0.15, 0.2) is 12.2 Å². The third-order valence-electron chi connectivity index (χ3n) is 3.98. The summed E-state index contributed by atoms with van der Waals surface area (Å²) in [5.41, 5.74) is 0. The summed E-state index contributed by atoms with van der Waals surface area (Å²) in [6, 6.07) is 0. The molecule has 0 aromatic carbocycles. The molecule has 3 atom stereocenters. The minimum Gasteiger partial charge on any atom is -0.396 e. The Morgan fingerprint density at radius 3 is 2.47 bits per heavy atom. The van der Waals surface area contributed by atoms with E-state index in [0.29, 0.717) is 5.92 Å². The van der Waals surface area contributed by atoms with Crippen LogP contribution in [-0.4, -0.2) is 27.7 Å². The van der Waals surface area contributed by atoms with E-state index in [4.69, 9.17) is 5.11 Å². The van der Waals surface area contributed by atoms with E-state index in [1.807, 2.05) is 0 Å². The molecule has 1 aliphatic rings. The van der Waals surface area contributed by atoms with Crippen LogP contribution in [0.4, 0.5) is 0 Å². The van der Waals surface area contributed by atoms with Crippen molar-refractivity contribution in [2.75, 3.05) is 6.61 Å². The molecule has 0 bridgehead atoms. The molecule has 17 heavy (non-hydrogen) atoms. The van der Waals surface area contributed by atoms with Crippen LogP contribution in [0.2, 0.25) is 0 Å². The monoisotopic (exact) mass is 242 g/mol. The molecule has 3 N–H and O–H groups in total. The smallest absolute Gasteiger partial charge is 0.162 e. The molecule has 100 valence electrons. The van der Waals surface area contributed by atoms with Crippen molar-refractivity contribution in [3.63, 3.8) is 0 Å². The van der Waals surface area contributed by atoms with Crippen molar-refractivity contribution in [3.8, 4) is 0 Å². The van der Waals surface area contributed by atoms with Gasteiger partial charge in [-0.3, -0.25) is 0 Å². The molecule has 3 heteroatoms. The molecule has 0 saturated heterocycles. The Morgan fingerprint density at radius 2 is 1.94 bits per heavy atom. The van der Waals surface area contributed by atoms with Crippen LogP contribution in [0.5, 0.6) is 0 Å². The van der Waals surface area contributed by atoms with E-state index in [2.05, 4.69) is 19.1 Å². The summed E-state index contributed by atoms with van der Waals surface area (Å²) >= 11 is 0. The normalized spacial score (nSPS) is 30.3. The van der Waals surface area contributed by atoms with Gasteiger partial charge >= 0.3 is 0 Å². The zero-order valence-electron chi connectivity index (χ0n) is 11.0. The SMILES string of the molecule is CC/C=C\CC1C(CCO)CCC1C(C)(O)O. The predicted octanol–water partition coefficient (Wildman–Crippen LogP) is 2.07. The number of aliphatic hydroxyl groups is 3. The second-order valence-corrected chi connectivity index (χ2v) is 5.33. The van der Waals surface area contributed by atoms with Gasteiger partial charge in [-0.05, 0) is 50.9 Å². The van der Waals surface area contributed by atoms with E-state index in [9.17, 15) is 10.2 Å². The molecule has 0 aromatic rings. The lowest BCUT2D eigenvalue weighted by atomic mass is 9.81. The maximum atomic E-state index is 9.80. The molecule has 1 rings (SSSR count). The first-order valence-electron chi connectivity index (χ1n) is 6.71. The highest BCUT2D eigenvalue weighted by atomic mass is 16.5. The van der Waals surface area contributed by atoms with Crippen LogP contribution < -0.4 is 0 Å². The Balaban J connectivity index is 2.68. The number of hydrogen-bond donors (Lipinski definition) is 3. The van der Waals surface area contributed by atoms with Gasteiger partial charge in [-0.2, -0.15) is 0 Å². The summed E-state index contributed by atoms with van der Waals surface area (Å²) in [6.07, 6.45) is 8.77. The van der Waals surface area contributed by atoms with E-state index in [-0.39, 0.29) is 18.4 Å². The van der Waals surface area contributed by atoms with Gasteiger partial charge in [0.05, 0.1) is 0 Å². The summed E-state index contributed by atoms with van der Waals surface area (Å²) in [5.74, 6) is -0.954. The molecule has 1 saturated carbocycles. The highest BCUT2D eigenvalue weighted by molar-refractivity contribution is 4.95. The van der Waals surface area contributed by atoms with E-state index in [1.54, 1.807) is 0 Å². The second kappa shape index (κ2) is 6.53. The molecule has 1 fully saturated rings. The third kappa shape index (κ3) is 4.09. The average molecular weight is 242 g/mol. The van der Waals surface area contributed by atoms with Gasteiger partial charge in [-0.25, -0.2) is 0 Å². The first kappa shape index (κ1) is 14.7. The lowest BCUT2D eigenvalue weighted by Gasteiger charge is -2.31. The number of allylic oxidation sites excluding steroid dienone is 2. The van der Waals surface area contributed by atoms with Gasteiger partial charge in [0.2, 0.25) is 0 Å². The van der Waals surface area contributed by atoms with Gasteiger partial charge in [0.15, 0.2) is 5.79 Å². The fourth-order valence-electron chi connectivity index (χ4n) is 3.13. The molecule has 0 amide bonds. The number of hydrogen-bond acceptors (Lipinski definition) is 3. The van der Waals surface area contributed by atoms with Crippen molar-refractivity contribution in [2.45, 2.75) is 51.7 Å². The summed E-state index contributed by atoms with van der Waals surface area (Å²) in [4.78, 5) is 0. The quantitative estimate of drug-likeness (QED) is 0.493. The molecule has 1 aliphatic carbocycles. The Bertz CT molecular complexity index is 242. The van der Waals surface area contributed by atoms with Crippen molar-refractivity contribution >= 4 is 0 Å². The Labute approximate surface area is 104 Å². The van der Waals surface area contributed by atoms with Crippen LogP contribution in [0.3, 0.4) is 0 Å². The molecule has 3 nitrogen and oxygen atoms in total. The van der Waals surface area contributed by atoms with Gasteiger partial charge in [0.1, 0.15) is 0 Å². The summed E-state index contributed by atoms with van der Waals surface area (Å²) in [6.45, 7) is 3.77. The number of rotatable bonds is 6. The minimum atomic E-state index is -1.59. The van der Waals surface area contributed by atoms with Crippen LogP contribution in [0.1, 0.15) is 46.0 Å². The largest absolute Gasteiger partial charge is 0.396 e. The molecular formula is C14H26O3.